The van der Waals surface area contributed by atoms with Crippen molar-refractivity contribution in [2.24, 2.45) is 0 Å². The first-order valence-electron chi connectivity index (χ1n) is 12.5. The van der Waals surface area contributed by atoms with Gasteiger partial charge in [-0.05, 0) is 56.9 Å². The molecule has 1 aliphatic rings. The van der Waals surface area contributed by atoms with E-state index in [0.717, 1.165) is 25.7 Å². The Balaban J connectivity index is 1.81. The van der Waals surface area contributed by atoms with Crippen LogP contribution in [-0.2, 0) is 4.79 Å². The van der Waals surface area contributed by atoms with Crippen LogP contribution >= 0.6 is 11.6 Å². The SMILES string of the molecule is C=CC(=O)N1CCCC[C@@H](n2c(NC(=O)c3ccnc(OC)c3)nc3ccc(O[C@@H](C)CC)c(Cl)c32)C1. The molecule has 0 saturated carbocycles. The molecule has 4 rings (SSSR count). The van der Waals surface area contributed by atoms with Crippen molar-refractivity contribution in [1.29, 1.82) is 0 Å². The number of rotatable bonds is 8. The number of likely N-dealkylation sites (tertiary alicyclic amines) is 1. The van der Waals surface area contributed by atoms with E-state index in [0.29, 0.717) is 52.3 Å². The number of imidazole rings is 1. The van der Waals surface area contributed by atoms with E-state index in [4.69, 9.17) is 26.1 Å². The minimum Gasteiger partial charge on any atom is -0.489 e. The number of benzene rings is 1. The summed E-state index contributed by atoms with van der Waals surface area (Å²) in [5.41, 5.74) is 1.65. The Morgan fingerprint density at radius 3 is 2.86 bits per heavy atom. The summed E-state index contributed by atoms with van der Waals surface area (Å²) in [7, 11) is 1.49. The number of nitrogens with one attached hydrogen (secondary N) is 1. The summed E-state index contributed by atoms with van der Waals surface area (Å²) >= 11 is 6.92. The van der Waals surface area contributed by atoms with E-state index in [1.54, 1.807) is 23.1 Å². The molecule has 10 heteroatoms. The van der Waals surface area contributed by atoms with E-state index in [1.807, 2.05) is 24.5 Å². The normalized spacial score (nSPS) is 16.6. The molecule has 2 atom stereocenters. The van der Waals surface area contributed by atoms with Crippen molar-refractivity contribution in [3.05, 3.63) is 53.7 Å². The highest BCUT2D eigenvalue weighted by Crippen LogP contribution is 2.39. The summed E-state index contributed by atoms with van der Waals surface area (Å²) in [4.78, 5) is 36.4. The van der Waals surface area contributed by atoms with Crippen LogP contribution < -0.4 is 14.8 Å². The minimum absolute atomic E-state index is 0.0225. The van der Waals surface area contributed by atoms with Gasteiger partial charge in [0.25, 0.3) is 5.91 Å². The van der Waals surface area contributed by atoms with E-state index in [9.17, 15) is 9.59 Å². The van der Waals surface area contributed by atoms with Gasteiger partial charge >= 0.3 is 0 Å². The zero-order chi connectivity index (χ0) is 26.5. The van der Waals surface area contributed by atoms with Crippen LogP contribution in [-0.4, -0.2) is 57.6 Å². The predicted octanol–water partition coefficient (Wildman–Crippen LogP) is 5.26. The highest BCUT2D eigenvalue weighted by Gasteiger charge is 2.28. The Hall–Kier alpha value is -3.59. The molecule has 1 aliphatic heterocycles. The van der Waals surface area contributed by atoms with Crippen LogP contribution in [0.4, 0.5) is 5.95 Å². The number of anilines is 1. The van der Waals surface area contributed by atoms with Crippen LogP contribution in [0.25, 0.3) is 11.0 Å². The van der Waals surface area contributed by atoms with Crippen LogP contribution in [0.2, 0.25) is 5.02 Å². The average molecular weight is 526 g/mol. The molecule has 2 amide bonds. The maximum absolute atomic E-state index is 13.2. The van der Waals surface area contributed by atoms with Gasteiger partial charge in [0.15, 0.2) is 0 Å². The molecule has 1 saturated heterocycles. The lowest BCUT2D eigenvalue weighted by molar-refractivity contribution is -0.126. The van der Waals surface area contributed by atoms with E-state index < -0.39 is 0 Å². The van der Waals surface area contributed by atoms with E-state index in [2.05, 4.69) is 16.9 Å². The first-order chi connectivity index (χ1) is 17.9. The van der Waals surface area contributed by atoms with Crippen LogP contribution in [0, 0.1) is 0 Å². The minimum atomic E-state index is -0.364. The fourth-order valence-electron chi connectivity index (χ4n) is 4.46. The molecule has 196 valence electrons. The second-order valence-electron chi connectivity index (χ2n) is 9.07. The second-order valence-corrected chi connectivity index (χ2v) is 9.44. The average Bonchev–Trinajstić information content (AvgIpc) is 3.10. The van der Waals surface area contributed by atoms with Gasteiger partial charge in [-0.2, -0.15) is 0 Å². The quantitative estimate of drug-likeness (QED) is 0.403. The Morgan fingerprint density at radius 2 is 2.14 bits per heavy atom. The molecule has 0 radical (unpaired) electrons. The number of carbonyl (C=O) groups excluding carboxylic acids is 2. The number of halogens is 1. The van der Waals surface area contributed by atoms with Gasteiger partial charge < -0.3 is 18.9 Å². The van der Waals surface area contributed by atoms with Gasteiger partial charge in [-0.25, -0.2) is 9.97 Å². The largest absolute Gasteiger partial charge is 0.489 e. The Morgan fingerprint density at radius 1 is 1.32 bits per heavy atom. The summed E-state index contributed by atoms with van der Waals surface area (Å²) in [5, 5.41) is 3.37. The molecule has 0 spiro atoms. The van der Waals surface area contributed by atoms with Crippen molar-refractivity contribution in [3.8, 4) is 11.6 Å². The molecule has 3 aromatic rings. The number of hydrogen-bond donors (Lipinski definition) is 1. The van der Waals surface area contributed by atoms with E-state index in [-0.39, 0.29) is 24.0 Å². The number of amides is 2. The lowest BCUT2D eigenvalue weighted by Gasteiger charge is -2.26. The molecule has 9 nitrogen and oxygen atoms in total. The highest BCUT2D eigenvalue weighted by atomic mass is 35.5. The first-order valence-corrected chi connectivity index (χ1v) is 12.8. The molecular formula is C27H32ClN5O4. The molecule has 1 N–H and O–H groups in total. The number of ether oxygens (including phenoxy) is 2. The number of carbonyl (C=O) groups is 2. The van der Waals surface area contributed by atoms with Crippen molar-refractivity contribution in [3.63, 3.8) is 0 Å². The van der Waals surface area contributed by atoms with Gasteiger partial charge in [0.1, 0.15) is 10.8 Å². The van der Waals surface area contributed by atoms with Gasteiger partial charge in [0.2, 0.25) is 17.7 Å². The van der Waals surface area contributed by atoms with Gasteiger partial charge in [-0.1, -0.05) is 25.1 Å². The number of fused-ring (bicyclic) bond motifs is 1. The third-order valence-corrected chi connectivity index (χ3v) is 6.95. The summed E-state index contributed by atoms with van der Waals surface area (Å²) in [6.45, 7) is 8.75. The Bertz CT molecular complexity index is 1310. The molecule has 3 heterocycles. The van der Waals surface area contributed by atoms with Gasteiger partial charge in [-0.3, -0.25) is 14.9 Å². The second kappa shape index (κ2) is 11.6. The number of nitrogens with zero attached hydrogens (tertiary/aromatic N) is 4. The van der Waals surface area contributed by atoms with Gasteiger partial charge in [0.05, 0.1) is 30.3 Å². The molecule has 37 heavy (non-hydrogen) atoms. The first kappa shape index (κ1) is 26.5. The standard InChI is InChI=1S/C27H32ClN5O4/c1-5-17(3)37-21-11-10-20-25(24(21)28)33(19-9-7-8-14-32(16-19)23(34)6-2)27(30-20)31-26(35)18-12-13-29-22(15-18)36-4/h6,10-13,15,17,19H,2,5,7-9,14,16H2,1,3-4H3,(H,30,31,35)/t17-,19+/m0/s1. The number of hydrogen-bond acceptors (Lipinski definition) is 6. The summed E-state index contributed by atoms with van der Waals surface area (Å²) in [6.07, 6.45) is 6.20. The van der Waals surface area contributed by atoms with Crippen molar-refractivity contribution in [2.75, 3.05) is 25.5 Å². The molecule has 0 aliphatic carbocycles. The van der Waals surface area contributed by atoms with E-state index in [1.165, 1.54) is 19.4 Å². The maximum Gasteiger partial charge on any atom is 0.258 e. The number of pyridine rings is 1. The molecule has 1 fully saturated rings. The summed E-state index contributed by atoms with van der Waals surface area (Å²) < 4.78 is 13.2. The van der Waals surface area contributed by atoms with Crippen molar-refractivity contribution in [2.45, 2.75) is 51.7 Å². The third kappa shape index (κ3) is 5.72. The third-order valence-electron chi connectivity index (χ3n) is 6.59. The van der Waals surface area contributed by atoms with Crippen molar-refractivity contribution >= 4 is 40.4 Å². The zero-order valence-electron chi connectivity index (χ0n) is 21.4. The zero-order valence-corrected chi connectivity index (χ0v) is 22.1. The lowest BCUT2D eigenvalue weighted by Crippen LogP contribution is -2.34. The Labute approximate surface area is 221 Å². The van der Waals surface area contributed by atoms with Crippen molar-refractivity contribution in [1.82, 2.24) is 19.4 Å². The van der Waals surface area contributed by atoms with Crippen molar-refractivity contribution < 1.29 is 19.1 Å². The Kier molecular flexibility index (Phi) is 8.33. The number of methoxy groups -OCH3 is 1. The van der Waals surface area contributed by atoms with Crippen LogP contribution in [0.15, 0.2) is 43.1 Å². The van der Waals surface area contributed by atoms with E-state index >= 15 is 0 Å². The predicted molar refractivity (Wildman–Crippen MR) is 144 cm³/mol. The van der Waals surface area contributed by atoms with Gasteiger partial charge in [-0.15, -0.1) is 0 Å². The van der Waals surface area contributed by atoms with Crippen LogP contribution in [0.3, 0.4) is 0 Å². The molecule has 0 unspecified atom stereocenters. The fraction of sp³-hybridized carbons (Fsp3) is 0.407. The summed E-state index contributed by atoms with van der Waals surface area (Å²) in [5.74, 6) is 0.735. The molecule has 2 aromatic heterocycles. The van der Waals surface area contributed by atoms with Crippen LogP contribution in [0.1, 0.15) is 55.9 Å². The van der Waals surface area contributed by atoms with Gasteiger partial charge in [0, 0.05) is 30.9 Å². The van der Waals surface area contributed by atoms with Crippen LogP contribution in [0.5, 0.6) is 11.6 Å². The molecule has 0 bridgehead atoms. The summed E-state index contributed by atoms with van der Waals surface area (Å²) in [6, 6.07) is 6.63. The smallest absolute Gasteiger partial charge is 0.258 e. The molecule has 1 aromatic carbocycles. The fourth-order valence-corrected chi connectivity index (χ4v) is 4.75. The number of aromatic nitrogens is 3. The monoisotopic (exact) mass is 525 g/mol. The topological polar surface area (TPSA) is 98.6 Å². The maximum atomic E-state index is 13.2. The lowest BCUT2D eigenvalue weighted by atomic mass is 10.1. The molecular weight excluding hydrogens is 494 g/mol. The highest BCUT2D eigenvalue weighted by molar-refractivity contribution is 6.36.